The van der Waals surface area contributed by atoms with Gasteiger partial charge >= 0.3 is 0 Å². The number of ketones is 1. The molecular weight excluding hydrogens is 266 g/mol. The molecule has 1 aromatic heterocycles. The van der Waals surface area contributed by atoms with Gasteiger partial charge in [-0.1, -0.05) is 25.5 Å². The lowest BCUT2D eigenvalue weighted by Crippen LogP contribution is -2.13. The lowest BCUT2D eigenvalue weighted by Gasteiger charge is -2.12. The molecule has 0 amide bonds. The van der Waals surface area contributed by atoms with Crippen LogP contribution in [0.2, 0.25) is 0 Å². The van der Waals surface area contributed by atoms with Gasteiger partial charge in [0.2, 0.25) is 0 Å². The highest BCUT2D eigenvalue weighted by molar-refractivity contribution is 5.97. The first-order valence-corrected chi connectivity index (χ1v) is 7.08. The molecule has 112 valence electrons. The van der Waals surface area contributed by atoms with Crippen molar-refractivity contribution in [3.05, 3.63) is 41.5 Å². The lowest BCUT2D eigenvalue weighted by molar-refractivity contribution is 0.101. The molecule has 0 N–H and O–H groups in total. The van der Waals surface area contributed by atoms with Crippen LogP contribution in [-0.2, 0) is 13.2 Å². The van der Waals surface area contributed by atoms with Crippen molar-refractivity contribution in [2.45, 2.75) is 40.8 Å². The predicted molar refractivity (Wildman–Crippen MR) is 80.4 cm³/mol. The smallest absolute Gasteiger partial charge is 0.164 e. The SMILES string of the molecule is CC(=O)c1cc(C)ccc1OCc1ncnn1CC(C)C. The third kappa shape index (κ3) is 3.90. The number of rotatable bonds is 6. The van der Waals surface area contributed by atoms with E-state index in [4.69, 9.17) is 4.74 Å². The zero-order valence-electron chi connectivity index (χ0n) is 13.0. The summed E-state index contributed by atoms with van der Waals surface area (Å²) in [4.78, 5) is 15.9. The molecule has 0 aliphatic heterocycles. The summed E-state index contributed by atoms with van der Waals surface area (Å²) in [5.74, 6) is 1.83. The first-order chi connectivity index (χ1) is 9.97. The number of aromatic nitrogens is 3. The van der Waals surface area contributed by atoms with E-state index in [1.54, 1.807) is 6.92 Å². The number of carbonyl (C=O) groups is 1. The Bertz CT molecular complexity index is 632. The fraction of sp³-hybridized carbons (Fsp3) is 0.438. The van der Waals surface area contributed by atoms with E-state index in [0.29, 0.717) is 23.8 Å². The Balaban J connectivity index is 2.14. The maximum atomic E-state index is 11.7. The van der Waals surface area contributed by atoms with E-state index in [9.17, 15) is 4.79 Å². The van der Waals surface area contributed by atoms with Gasteiger partial charge in [-0.2, -0.15) is 5.10 Å². The Morgan fingerprint density at radius 1 is 1.38 bits per heavy atom. The molecule has 0 radical (unpaired) electrons. The van der Waals surface area contributed by atoms with Crippen LogP contribution in [0, 0.1) is 12.8 Å². The number of hydrogen-bond acceptors (Lipinski definition) is 4. The second kappa shape index (κ2) is 6.52. The van der Waals surface area contributed by atoms with Crippen LogP contribution >= 0.6 is 0 Å². The van der Waals surface area contributed by atoms with E-state index in [-0.39, 0.29) is 5.78 Å². The zero-order chi connectivity index (χ0) is 15.4. The largest absolute Gasteiger partial charge is 0.485 e. The van der Waals surface area contributed by atoms with Crippen molar-refractivity contribution < 1.29 is 9.53 Å². The standard InChI is InChI=1S/C16H21N3O2/c1-11(2)8-19-16(17-10-18-19)9-21-15-6-5-12(3)7-14(15)13(4)20/h5-7,10-11H,8-9H2,1-4H3. The average Bonchev–Trinajstić information content (AvgIpc) is 2.83. The number of Topliss-reactive ketones (excluding diaryl/α,β-unsaturated/α-hetero) is 1. The van der Waals surface area contributed by atoms with Gasteiger partial charge in [0.05, 0.1) is 5.56 Å². The van der Waals surface area contributed by atoms with Crippen molar-refractivity contribution in [1.82, 2.24) is 14.8 Å². The van der Waals surface area contributed by atoms with Gasteiger partial charge in [0.15, 0.2) is 11.6 Å². The molecule has 1 heterocycles. The number of nitrogens with zero attached hydrogens (tertiary/aromatic N) is 3. The van der Waals surface area contributed by atoms with E-state index < -0.39 is 0 Å². The molecule has 0 aliphatic carbocycles. The number of benzene rings is 1. The highest BCUT2D eigenvalue weighted by Crippen LogP contribution is 2.21. The van der Waals surface area contributed by atoms with E-state index in [0.717, 1.165) is 17.9 Å². The molecule has 0 bridgehead atoms. The molecule has 21 heavy (non-hydrogen) atoms. The van der Waals surface area contributed by atoms with Gasteiger partial charge < -0.3 is 4.74 Å². The molecule has 0 spiro atoms. The van der Waals surface area contributed by atoms with Crippen LogP contribution in [0.1, 0.15) is 42.5 Å². The van der Waals surface area contributed by atoms with E-state index in [1.165, 1.54) is 6.33 Å². The Morgan fingerprint density at radius 2 is 2.14 bits per heavy atom. The minimum Gasteiger partial charge on any atom is -0.485 e. The molecule has 0 unspecified atom stereocenters. The van der Waals surface area contributed by atoms with Crippen molar-refractivity contribution in [3.63, 3.8) is 0 Å². The van der Waals surface area contributed by atoms with Crippen LogP contribution in [0.15, 0.2) is 24.5 Å². The van der Waals surface area contributed by atoms with Gasteiger partial charge in [-0.25, -0.2) is 9.67 Å². The van der Waals surface area contributed by atoms with Crippen LogP contribution in [-0.4, -0.2) is 20.5 Å². The minimum absolute atomic E-state index is 0.00246. The minimum atomic E-state index is -0.00246. The third-order valence-electron chi connectivity index (χ3n) is 3.10. The summed E-state index contributed by atoms with van der Waals surface area (Å²) in [7, 11) is 0. The molecule has 0 saturated carbocycles. The molecule has 5 heteroatoms. The summed E-state index contributed by atoms with van der Waals surface area (Å²) in [6.45, 7) is 8.85. The molecule has 0 atom stereocenters. The number of aryl methyl sites for hydroxylation is 1. The second-order valence-electron chi connectivity index (χ2n) is 5.60. The van der Waals surface area contributed by atoms with Crippen molar-refractivity contribution in [2.75, 3.05) is 0 Å². The molecule has 2 aromatic rings. The number of ether oxygens (including phenoxy) is 1. The van der Waals surface area contributed by atoms with Gasteiger partial charge in [0.1, 0.15) is 18.7 Å². The molecular formula is C16H21N3O2. The molecule has 0 aliphatic rings. The second-order valence-corrected chi connectivity index (χ2v) is 5.60. The topological polar surface area (TPSA) is 57.0 Å². The molecule has 0 saturated heterocycles. The fourth-order valence-corrected chi connectivity index (χ4v) is 2.09. The van der Waals surface area contributed by atoms with Crippen LogP contribution in [0.25, 0.3) is 0 Å². The van der Waals surface area contributed by atoms with Gasteiger partial charge in [-0.15, -0.1) is 0 Å². The van der Waals surface area contributed by atoms with E-state index in [2.05, 4.69) is 23.9 Å². The maximum Gasteiger partial charge on any atom is 0.164 e. The van der Waals surface area contributed by atoms with Gasteiger partial charge in [0.25, 0.3) is 0 Å². The van der Waals surface area contributed by atoms with Crippen LogP contribution in [0.3, 0.4) is 0 Å². The molecule has 5 nitrogen and oxygen atoms in total. The Labute approximate surface area is 125 Å². The average molecular weight is 287 g/mol. The van der Waals surface area contributed by atoms with Crippen LogP contribution < -0.4 is 4.74 Å². The summed E-state index contributed by atoms with van der Waals surface area (Å²) in [6, 6.07) is 5.60. The fourth-order valence-electron chi connectivity index (χ4n) is 2.09. The van der Waals surface area contributed by atoms with E-state index >= 15 is 0 Å². The van der Waals surface area contributed by atoms with Crippen LogP contribution in [0.4, 0.5) is 0 Å². The molecule has 1 aromatic carbocycles. The van der Waals surface area contributed by atoms with Gasteiger partial charge in [-0.05, 0) is 31.9 Å². The summed E-state index contributed by atoms with van der Waals surface area (Å²) in [6.07, 6.45) is 1.53. The zero-order valence-corrected chi connectivity index (χ0v) is 13.0. The normalized spacial score (nSPS) is 10.9. The van der Waals surface area contributed by atoms with Gasteiger partial charge in [-0.3, -0.25) is 4.79 Å². The van der Waals surface area contributed by atoms with Crippen molar-refractivity contribution >= 4 is 5.78 Å². The van der Waals surface area contributed by atoms with Crippen molar-refractivity contribution in [3.8, 4) is 5.75 Å². The number of hydrogen-bond donors (Lipinski definition) is 0. The monoisotopic (exact) mass is 287 g/mol. The predicted octanol–water partition coefficient (Wildman–Crippen LogP) is 3.02. The number of carbonyl (C=O) groups excluding carboxylic acids is 1. The maximum absolute atomic E-state index is 11.7. The lowest BCUT2D eigenvalue weighted by atomic mass is 10.1. The van der Waals surface area contributed by atoms with Crippen molar-refractivity contribution in [1.29, 1.82) is 0 Å². The summed E-state index contributed by atoms with van der Waals surface area (Å²) >= 11 is 0. The quantitative estimate of drug-likeness (QED) is 0.766. The Morgan fingerprint density at radius 3 is 2.81 bits per heavy atom. The van der Waals surface area contributed by atoms with Crippen molar-refractivity contribution in [2.24, 2.45) is 5.92 Å². The molecule has 0 fully saturated rings. The Hall–Kier alpha value is -2.17. The summed E-state index contributed by atoms with van der Waals surface area (Å²) in [5.41, 5.74) is 1.64. The summed E-state index contributed by atoms with van der Waals surface area (Å²) < 4.78 is 7.62. The first-order valence-electron chi connectivity index (χ1n) is 7.08. The first kappa shape index (κ1) is 15.2. The third-order valence-corrected chi connectivity index (χ3v) is 3.10. The molecule has 2 rings (SSSR count). The highest BCUT2D eigenvalue weighted by Gasteiger charge is 2.11. The van der Waals surface area contributed by atoms with E-state index in [1.807, 2.05) is 29.8 Å². The van der Waals surface area contributed by atoms with Crippen LogP contribution in [0.5, 0.6) is 5.75 Å². The highest BCUT2D eigenvalue weighted by atomic mass is 16.5. The Kier molecular flexibility index (Phi) is 4.73. The van der Waals surface area contributed by atoms with Gasteiger partial charge in [0, 0.05) is 6.54 Å². The summed E-state index contributed by atoms with van der Waals surface area (Å²) in [5, 5.41) is 4.20.